The molecule has 1 aliphatic heterocycles. The van der Waals surface area contributed by atoms with Gasteiger partial charge in [-0.15, -0.1) is 11.8 Å². The van der Waals surface area contributed by atoms with Gasteiger partial charge in [0.2, 0.25) is 0 Å². The van der Waals surface area contributed by atoms with Crippen LogP contribution in [0.1, 0.15) is 42.3 Å². The lowest BCUT2D eigenvalue weighted by atomic mass is 9.86. The van der Waals surface area contributed by atoms with Crippen LogP contribution in [0.2, 0.25) is 0 Å². The standard InChI is InChI=1S/C24H28N2O3S.CH2O/c1-24(2,3)19-7-5-6-8-20(19)29-18-14-26(15-18)23(28)17-11-9-16(10-12-17)13-21(30-4)22(25)27;1-2/h5-13,18H,14-15H2,1-4H3,(H2,25,27);1H2/b21-13-;. The van der Waals surface area contributed by atoms with E-state index in [-0.39, 0.29) is 17.4 Å². The molecule has 2 amide bonds. The maximum absolute atomic E-state index is 12.7. The van der Waals surface area contributed by atoms with Crippen LogP contribution in [0.25, 0.3) is 6.08 Å². The van der Waals surface area contributed by atoms with E-state index in [0.717, 1.165) is 11.3 Å². The van der Waals surface area contributed by atoms with Crippen LogP contribution in [0.3, 0.4) is 0 Å². The highest BCUT2D eigenvalue weighted by Gasteiger charge is 2.33. The largest absolute Gasteiger partial charge is 0.486 e. The van der Waals surface area contributed by atoms with Crippen molar-refractivity contribution in [3.8, 4) is 5.75 Å². The first-order chi connectivity index (χ1) is 15.2. The SMILES string of the molecule is C=O.CS/C(=C\c1ccc(C(=O)N2CC(Oc3ccccc3C(C)(C)C)C2)cc1)C(N)=O. The summed E-state index contributed by atoms with van der Waals surface area (Å²) >= 11 is 1.30. The fourth-order valence-corrected chi connectivity index (χ4v) is 3.79. The highest BCUT2D eigenvalue weighted by atomic mass is 32.2. The van der Waals surface area contributed by atoms with Crippen molar-refractivity contribution in [2.45, 2.75) is 32.3 Å². The predicted molar refractivity (Wildman–Crippen MR) is 130 cm³/mol. The fourth-order valence-electron chi connectivity index (χ4n) is 3.33. The van der Waals surface area contributed by atoms with Gasteiger partial charge in [0.15, 0.2) is 0 Å². The van der Waals surface area contributed by atoms with Gasteiger partial charge in [-0.05, 0) is 47.1 Å². The molecule has 1 fully saturated rings. The van der Waals surface area contributed by atoms with Crippen molar-refractivity contribution < 1.29 is 19.1 Å². The van der Waals surface area contributed by atoms with Crippen molar-refractivity contribution in [2.24, 2.45) is 5.73 Å². The molecule has 0 bridgehead atoms. The number of thioether (sulfide) groups is 1. The quantitative estimate of drug-likeness (QED) is 0.669. The van der Waals surface area contributed by atoms with Crippen LogP contribution >= 0.6 is 11.8 Å². The molecule has 0 saturated carbocycles. The van der Waals surface area contributed by atoms with E-state index < -0.39 is 5.91 Å². The molecule has 1 saturated heterocycles. The normalized spacial score (nSPS) is 14.1. The summed E-state index contributed by atoms with van der Waals surface area (Å²) in [5, 5.41) is 0. The van der Waals surface area contributed by atoms with Crippen molar-refractivity contribution in [3.05, 3.63) is 70.1 Å². The summed E-state index contributed by atoms with van der Waals surface area (Å²) in [6, 6.07) is 15.3. The number of nitrogens with zero attached hydrogens (tertiary/aromatic N) is 1. The molecule has 0 aliphatic carbocycles. The summed E-state index contributed by atoms with van der Waals surface area (Å²) in [7, 11) is 0. The number of primary amides is 1. The third-order valence-electron chi connectivity index (χ3n) is 5.04. The van der Waals surface area contributed by atoms with Crippen molar-refractivity contribution in [2.75, 3.05) is 19.3 Å². The second-order valence-corrected chi connectivity index (χ2v) is 9.24. The summed E-state index contributed by atoms with van der Waals surface area (Å²) in [6.45, 7) is 9.62. The first kappa shape index (κ1) is 25.2. The van der Waals surface area contributed by atoms with E-state index in [1.807, 2.05) is 37.1 Å². The number of nitrogens with two attached hydrogens (primary N) is 1. The zero-order chi connectivity index (χ0) is 23.9. The van der Waals surface area contributed by atoms with Gasteiger partial charge in [0, 0.05) is 5.56 Å². The molecule has 0 atom stereocenters. The predicted octanol–water partition coefficient (Wildman–Crippen LogP) is 3.89. The van der Waals surface area contributed by atoms with Gasteiger partial charge in [0.05, 0.1) is 18.0 Å². The Hall–Kier alpha value is -3.06. The Labute approximate surface area is 193 Å². The molecule has 2 aromatic carbocycles. The summed E-state index contributed by atoms with van der Waals surface area (Å²) in [5.74, 6) is 0.411. The number of ether oxygens (including phenoxy) is 1. The molecule has 0 spiro atoms. The lowest BCUT2D eigenvalue weighted by Crippen LogP contribution is -2.56. The molecule has 0 radical (unpaired) electrons. The first-order valence-electron chi connectivity index (χ1n) is 10.2. The third kappa shape index (κ3) is 6.23. The molecule has 7 heteroatoms. The Morgan fingerprint density at radius 1 is 1.09 bits per heavy atom. The van der Waals surface area contributed by atoms with E-state index in [1.165, 1.54) is 17.3 Å². The van der Waals surface area contributed by atoms with Crippen LogP contribution in [0.4, 0.5) is 0 Å². The van der Waals surface area contributed by atoms with Gasteiger partial charge in [-0.25, -0.2) is 0 Å². The number of hydrogen-bond acceptors (Lipinski definition) is 5. The molecule has 0 aromatic heterocycles. The minimum atomic E-state index is -0.456. The molecular weight excluding hydrogens is 424 g/mol. The molecule has 2 N–H and O–H groups in total. The summed E-state index contributed by atoms with van der Waals surface area (Å²) in [5.41, 5.74) is 7.95. The van der Waals surface area contributed by atoms with Crippen LogP contribution < -0.4 is 10.5 Å². The highest BCUT2D eigenvalue weighted by Crippen LogP contribution is 2.32. The van der Waals surface area contributed by atoms with Gasteiger partial charge in [0.25, 0.3) is 11.8 Å². The number of amides is 2. The Morgan fingerprint density at radius 2 is 1.69 bits per heavy atom. The number of hydrogen-bond donors (Lipinski definition) is 1. The zero-order valence-electron chi connectivity index (χ0n) is 19.0. The van der Waals surface area contributed by atoms with Crippen molar-refractivity contribution in [1.82, 2.24) is 4.90 Å². The number of para-hydroxylation sites is 1. The molecule has 32 heavy (non-hydrogen) atoms. The summed E-state index contributed by atoms with van der Waals surface area (Å²) in [4.78, 5) is 34.3. The van der Waals surface area contributed by atoms with Gasteiger partial charge >= 0.3 is 0 Å². The van der Waals surface area contributed by atoms with Crippen molar-refractivity contribution >= 4 is 36.4 Å². The second kappa shape index (κ2) is 11.0. The Bertz CT molecular complexity index is 974. The Morgan fingerprint density at radius 3 is 2.22 bits per heavy atom. The highest BCUT2D eigenvalue weighted by molar-refractivity contribution is 8.03. The number of benzene rings is 2. The lowest BCUT2D eigenvalue weighted by molar-refractivity contribution is -0.113. The molecule has 0 unspecified atom stereocenters. The summed E-state index contributed by atoms with van der Waals surface area (Å²) in [6.07, 6.45) is 3.53. The smallest absolute Gasteiger partial charge is 0.255 e. The van der Waals surface area contributed by atoms with Gasteiger partial charge in [0.1, 0.15) is 18.6 Å². The monoisotopic (exact) mass is 454 g/mol. The van der Waals surface area contributed by atoms with E-state index in [0.29, 0.717) is 23.6 Å². The van der Waals surface area contributed by atoms with Crippen LogP contribution in [0, 0.1) is 0 Å². The van der Waals surface area contributed by atoms with E-state index >= 15 is 0 Å². The van der Waals surface area contributed by atoms with Crippen LogP contribution in [-0.4, -0.2) is 49.0 Å². The maximum Gasteiger partial charge on any atom is 0.255 e. The second-order valence-electron chi connectivity index (χ2n) is 8.40. The van der Waals surface area contributed by atoms with Gasteiger partial charge in [-0.2, -0.15) is 0 Å². The topological polar surface area (TPSA) is 89.7 Å². The minimum Gasteiger partial charge on any atom is -0.486 e. The maximum atomic E-state index is 12.7. The van der Waals surface area contributed by atoms with Crippen LogP contribution in [0.5, 0.6) is 5.75 Å². The fraction of sp³-hybridized carbons (Fsp3) is 0.320. The Balaban J connectivity index is 0.00000176. The van der Waals surface area contributed by atoms with E-state index in [9.17, 15) is 9.59 Å². The average Bonchev–Trinajstić information content (AvgIpc) is 2.75. The molecule has 1 aliphatic rings. The van der Waals surface area contributed by atoms with Gasteiger partial charge < -0.3 is 20.2 Å². The van der Waals surface area contributed by atoms with Gasteiger partial charge in [-0.1, -0.05) is 51.1 Å². The van der Waals surface area contributed by atoms with Gasteiger partial charge in [-0.3, -0.25) is 9.59 Å². The molecule has 2 aromatic rings. The molecule has 170 valence electrons. The van der Waals surface area contributed by atoms with E-state index in [4.69, 9.17) is 15.3 Å². The minimum absolute atomic E-state index is 0.000592. The van der Waals surface area contributed by atoms with Crippen molar-refractivity contribution in [3.63, 3.8) is 0 Å². The van der Waals surface area contributed by atoms with Crippen LogP contribution in [0.15, 0.2) is 53.4 Å². The number of likely N-dealkylation sites (tertiary alicyclic amines) is 1. The molecular formula is C25H30N2O4S. The molecule has 1 heterocycles. The summed E-state index contributed by atoms with van der Waals surface area (Å²) < 4.78 is 6.17. The Kier molecular flexibility index (Phi) is 8.66. The van der Waals surface area contributed by atoms with E-state index in [2.05, 4.69) is 26.8 Å². The van der Waals surface area contributed by atoms with Crippen LogP contribution in [-0.2, 0) is 15.0 Å². The molecule has 6 nitrogen and oxygen atoms in total. The third-order valence-corrected chi connectivity index (χ3v) is 5.80. The van der Waals surface area contributed by atoms with E-state index in [1.54, 1.807) is 29.4 Å². The zero-order valence-corrected chi connectivity index (χ0v) is 19.8. The number of carbonyl (C=O) groups is 3. The average molecular weight is 455 g/mol. The van der Waals surface area contributed by atoms with Crippen molar-refractivity contribution in [1.29, 1.82) is 0 Å². The lowest BCUT2D eigenvalue weighted by Gasteiger charge is -2.39. The number of rotatable bonds is 6. The first-order valence-corrected chi connectivity index (χ1v) is 11.4. The number of carbonyl (C=O) groups excluding carboxylic acids is 3. The molecule has 3 rings (SSSR count).